The van der Waals surface area contributed by atoms with Crippen LogP contribution in [0.25, 0.3) is 0 Å². The van der Waals surface area contributed by atoms with Crippen LogP contribution >= 0.6 is 0 Å². The molecule has 0 saturated heterocycles. The molecule has 0 saturated carbocycles. The monoisotopic (exact) mass is 231 g/mol. The lowest BCUT2D eigenvalue weighted by Crippen LogP contribution is -2.44. The van der Waals surface area contributed by atoms with Gasteiger partial charge in [-0.1, -0.05) is 27.7 Å². The fourth-order valence-electron chi connectivity index (χ4n) is 1.94. The topological polar surface area (TPSA) is 52.5 Å². The number of aliphatic hydroxyl groups excluding tert-OH is 2. The van der Waals surface area contributed by atoms with Crippen molar-refractivity contribution in [2.75, 3.05) is 13.2 Å². The molecule has 3 nitrogen and oxygen atoms in total. The SMILES string of the molecule is CC(CCCO)NCC(C)(C)C(O)C(C)C. The zero-order chi connectivity index (χ0) is 12.8. The van der Waals surface area contributed by atoms with Gasteiger partial charge in [0.05, 0.1) is 6.10 Å². The van der Waals surface area contributed by atoms with Gasteiger partial charge in [-0.2, -0.15) is 0 Å². The van der Waals surface area contributed by atoms with Crippen molar-refractivity contribution in [2.24, 2.45) is 11.3 Å². The number of hydrogen-bond donors (Lipinski definition) is 3. The van der Waals surface area contributed by atoms with Gasteiger partial charge in [-0.15, -0.1) is 0 Å². The molecule has 0 rings (SSSR count). The van der Waals surface area contributed by atoms with Gasteiger partial charge in [0.1, 0.15) is 0 Å². The Morgan fingerprint density at radius 3 is 2.19 bits per heavy atom. The molecule has 98 valence electrons. The Hall–Kier alpha value is -0.120. The van der Waals surface area contributed by atoms with E-state index in [9.17, 15) is 5.11 Å². The minimum Gasteiger partial charge on any atom is -0.396 e. The standard InChI is InChI=1S/C13H29NO2/c1-10(2)12(16)13(4,5)9-14-11(3)7-6-8-15/h10-12,14-16H,6-9H2,1-5H3. The predicted octanol–water partition coefficient (Wildman–Crippen LogP) is 1.78. The summed E-state index contributed by atoms with van der Waals surface area (Å²) in [4.78, 5) is 0. The molecule has 0 bridgehead atoms. The predicted molar refractivity (Wildman–Crippen MR) is 68.4 cm³/mol. The van der Waals surface area contributed by atoms with E-state index >= 15 is 0 Å². The Labute approximate surface area is 100 Å². The van der Waals surface area contributed by atoms with Crippen molar-refractivity contribution in [3.8, 4) is 0 Å². The Morgan fingerprint density at radius 2 is 1.75 bits per heavy atom. The number of aliphatic hydroxyl groups is 2. The number of hydrogen-bond acceptors (Lipinski definition) is 3. The fourth-order valence-corrected chi connectivity index (χ4v) is 1.94. The van der Waals surface area contributed by atoms with E-state index in [1.807, 2.05) is 13.8 Å². The molecule has 0 aliphatic rings. The number of rotatable bonds is 8. The van der Waals surface area contributed by atoms with Gasteiger partial charge in [-0.3, -0.25) is 0 Å². The molecule has 0 amide bonds. The largest absolute Gasteiger partial charge is 0.396 e. The third-order valence-electron chi connectivity index (χ3n) is 3.13. The molecule has 2 unspecified atom stereocenters. The third-order valence-corrected chi connectivity index (χ3v) is 3.13. The normalized spacial score (nSPS) is 16.5. The maximum Gasteiger partial charge on any atom is 0.0626 e. The first kappa shape index (κ1) is 15.9. The van der Waals surface area contributed by atoms with Crippen molar-refractivity contribution in [3.63, 3.8) is 0 Å². The lowest BCUT2D eigenvalue weighted by molar-refractivity contribution is 0.0122. The van der Waals surface area contributed by atoms with Gasteiger partial charge < -0.3 is 15.5 Å². The Bertz CT molecular complexity index is 181. The second-order valence-corrected chi connectivity index (χ2v) is 5.83. The summed E-state index contributed by atoms with van der Waals surface area (Å²) in [6.07, 6.45) is 1.52. The van der Waals surface area contributed by atoms with Crippen LogP contribution in [-0.2, 0) is 0 Å². The molecule has 0 aromatic heterocycles. The van der Waals surface area contributed by atoms with Crippen molar-refractivity contribution >= 4 is 0 Å². The zero-order valence-electron chi connectivity index (χ0n) is 11.5. The van der Waals surface area contributed by atoms with Crippen molar-refractivity contribution in [1.82, 2.24) is 5.32 Å². The van der Waals surface area contributed by atoms with E-state index in [2.05, 4.69) is 26.1 Å². The van der Waals surface area contributed by atoms with E-state index in [0.717, 1.165) is 19.4 Å². The van der Waals surface area contributed by atoms with Crippen molar-refractivity contribution in [3.05, 3.63) is 0 Å². The average molecular weight is 231 g/mol. The average Bonchev–Trinajstić information content (AvgIpc) is 2.22. The van der Waals surface area contributed by atoms with Crippen LogP contribution in [0.3, 0.4) is 0 Å². The molecule has 3 N–H and O–H groups in total. The van der Waals surface area contributed by atoms with Crippen molar-refractivity contribution in [2.45, 2.75) is 59.6 Å². The number of nitrogens with one attached hydrogen (secondary N) is 1. The highest BCUT2D eigenvalue weighted by atomic mass is 16.3. The second kappa shape index (κ2) is 7.25. The Balaban J connectivity index is 3.97. The highest BCUT2D eigenvalue weighted by Crippen LogP contribution is 2.25. The molecule has 0 aliphatic heterocycles. The van der Waals surface area contributed by atoms with Gasteiger partial charge in [0.25, 0.3) is 0 Å². The molecule has 0 heterocycles. The van der Waals surface area contributed by atoms with E-state index in [1.54, 1.807) is 0 Å². The molecular weight excluding hydrogens is 202 g/mol. The van der Waals surface area contributed by atoms with E-state index in [0.29, 0.717) is 6.04 Å². The molecule has 0 aromatic carbocycles. The molecule has 3 heteroatoms. The fraction of sp³-hybridized carbons (Fsp3) is 1.00. The van der Waals surface area contributed by atoms with E-state index < -0.39 is 0 Å². The van der Waals surface area contributed by atoms with Crippen molar-refractivity contribution < 1.29 is 10.2 Å². The summed E-state index contributed by atoms with van der Waals surface area (Å²) in [6.45, 7) is 11.4. The molecular formula is C13H29NO2. The molecule has 2 atom stereocenters. The lowest BCUT2D eigenvalue weighted by atomic mass is 9.80. The first-order valence-corrected chi connectivity index (χ1v) is 6.33. The van der Waals surface area contributed by atoms with Crippen LogP contribution in [-0.4, -0.2) is 35.5 Å². The van der Waals surface area contributed by atoms with E-state index in [-0.39, 0.29) is 24.0 Å². The summed E-state index contributed by atoms with van der Waals surface area (Å²) >= 11 is 0. The maximum absolute atomic E-state index is 10.1. The van der Waals surface area contributed by atoms with Crippen LogP contribution < -0.4 is 5.32 Å². The summed E-state index contributed by atoms with van der Waals surface area (Å²) < 4.78 is 0. The maximum atomic E-state index is 10.1. The van der Waals surface area contributed by atoms with Crippen LogP contribution in [0.2, 0.25) is 0 Å². The Kier molecular flexibility index (Phi) is 7.20. The van der Waals surface area contributed by atoms with Crippen LogP contribution in [0, 0.1) is 11.3 Å². The Morgan fingerprint density at radius 1 is 1.19 bits per heavy atom. The zero-order valence-corrected chi connectivity index (χ0v) is 11.5. The molecule has 16 heavy (non-hydrogen) atoms. The van der Waals surface area contributed by atoms with Crippen LogP contribution in [0.5, 0.6) is 0 Å². The summed E-state index contributed by atoms with van der Waals surface area (Å²) in [5, 5.41) is 22.2. The molecule has 0 spiro atoms. The lowest BCUT2D eigenvalue weighted by Gasteiger charge is -2.34. The summed E-state index contributed by atoms with van der Waals surface area (Å²) in [6, 6.07) is 0.394. The first-order valence-electron chi connectivity index (χ1n) is 6.33. The molecule has 0 aliphatic carbocycles. The van der Waals surface area contributed by atoms with Crippen molar-refractivity contribution in [1.29, 1.82) is 0 Å². The van der Waals surface area contributed by atoms with Gasteiger partial charge in [0.15, 0.2) is 0 Å². The highest BCUT2D eigenvalue weighted by Gasteiger charge is 2.30. The van der Waals surface area contributed by atoms with Gasteiger partial charge in [0.2, 0.25) is 0 Å². The van der Waals surface area contributed by atoms with Gasteiger partial charge in [-0.25, -0.2) is 0 Å². The third kappa shape index (κ3) is 5.83. The summed E-state index contributed by atoms with van der Waals surface area (Å²) in [5.74, 6) is 0.282. The summed E-state index contributed by atoms with van der Waals surface area (Å²) in [5.41, 5.74) is -0.109. The molecule has 0 aromatic rings. The van der Waals surface area contributed by atoms with E-state index in [4.69, 9.17) is 5.11 Å². The van der Waals surface area contributed by atoms with Gasteiger partial charge in [0, 0.05) is 24.6 Å². The second-order valence-electron chi connectivity index (χ2n) is 5.83. The first-order chi connectivity index (χ1) is 7.31. The minimum atomic E-state index is -0.287. The van der Waals surface area contributed by atoms with Crippen LogP contribution in [0.1, 0.15) is 47.5 Å². The smallest absolute Gasteiger partial charge is 0.0626 e. The van der Waals surface area contributed by atoms with Crippen LogP contribution in [0.15, 0.2) is 0 Å². The minimum absolute atomic E-state index is 0.109. The van der Waals surface area contributed by atoms with Gasteiger partial charge >= 0.3 is 0 Å². The summed E-state index contributed by atoms with van der Waals surface area (Å²) in [7, 11) is 0. The highest BCUT2D eigenvalue weighted by molar-refractivity contribution is 4.83. The van der Waals surface area contributed by atoms with Crippen LogP contribution in [0.4, 0.5) is 0 Å². The molecule has 0 radical (unpaired) electrons. The quantitative estimate of drug-likeness (QED) is 0.597. The van der Waals surface area contributed by atoms with Gasteiger partial charge in [-0.05, 0) is 25.7 Å². The molecule has 0 fully saturated rings. The van der Waals surface area contributed by atoms with E-state index in [1.165, 1.54) is 0 Å².